The quantitative estimate of drug-likeness (QED) is 0.741. The number of hydrogen-bond donors (Lipinski definition) is 1. The molecule has 1 fully saturated rings. The minimum atomic E-state index is 0.0143. The Labute approximate surface area is 152 Å². The van der Waals surface area contributed by atoms with Crippen molar-refractivity contribution in [2.45, 2.75) is 19.4 Å². The molecule has 3 aromatic rings. The van der Waals surface area contributed by atoms with Gasteiger partial charge in [-0.1, -0.05) is 0 Å². The van der Waals surface area contributed by atoms with Crippen LogP contribution in [0.5, 0.6) is 0 Å². The summed E-state index contributed by atoms with van der Waals surface area (Å²) in [7, 11) is 0. The highest BCUT2D eigenvalue weighted by atomic mass is 16.3. The summed E-state index contributed by atoms with van der Waals surface area (Å²) in [5, 5.41) is 3.05. The van der Waals surface area contributed by atoms with E-state index < -0.39 is 0 Å². The molecule has 1 N–H and O–H groups in total. The summed E-state index contributed by atoms with van der Waals surface area (Å²) in [6, 6.07) is 13.5. The standard InChI is InChI=1S/C21H22N2O3/c24-21(18-3-1-10-23(14-18)13-16-9-12-25-15-16)22-19-7-5-17(6-8-19)20-4-2-11-26-20/h2,4-9,11-12,15,18H,1,3,10,13-14H2,(H,22,24). The van der Waals surface area contributed by atoms with Crippen molar-refractivity contribution in [1.29, 1.82) is 0 Å². The molecule has 1 atom stereocenters. The Balaban J connectivity index is 1.35. The SMILES string of the molecule is O=C(Nc1ccc(-c2ccco2)cc1)C1CCCN(Cc2ccoc2)C1. The van der Waals surface area contributed by atoms with Gasteiger partial charge >= 0.3 is 0 Å². The van der Waals surface area contributed by atoms with Crippen LogP contribution >= 0.6 is 0 Å². The highest BCUT2D eigenvalue weighted by Crippen LogP contribution is 2.23. The number of furan rings is 2. The molecule has 1 unspecified atom stereocenters. The Morgan fingerprint density at radius 2 is 2.04 bits per heavy atom. The Kier molecular flexibility index (Phi) is 4.88. The fourth-order valence-corrected chi connectivity index (χ4v) is 3.46. The Hall–Kier alpha value is -2.79. The van der Waals surface area contributed by atoms with Gasteiger partial charge in [0.2, 0.25) is 5.91 Å². The molecule has 0 bridgehead atoms. The first-order chi connectivity index (χ1) is 12.8. The molecule has 0 aliphatic carbocycles. The van der Waals surface area contributed by atoms with Gasteiger partial charge in [0, 0.05) is 29.9 Å². The lowest BCUT2D eigenvalue weighted by atomic mass is 9.96. The molecule has 1 amide bonds. The summed E-state index contributed by atoms with van der Waals surface area (Å²) >= 11 is 0. The van der Waals surface area contributed by atoms with Gasteiger partial charge in [-0.05, 0) is 61.9 Å². The second-order valence-electron chi connectivity index (χ2n) is 6.75. The Morgan fingerprint density at radius 3 is 2.77 bits per heavy atom. The smallest absolute Gasteiger partial charge is 0.228 e. The number of nitrogens with one attached hydrogen (secondary N) is 1. The summed E-state index contributed by atoms with van der Waals surface area (Å²) in [4.78, 5) is 15.0. The third-order valence-electron chi connectivity index (χ3n) is 4.82. The zero-order chi connectivity index (χ0) is 17.8. The molecule has 134 valence electrons. The van der Waals surface area contributed by atoms with Crippen molar-refractivity contribution < 1.29 is 13.6 Å². The van der Waals surface area contributed by atoms with E-state index in [1.165, 1.54) is 0 Å². The molecule has 0 spiro atoms. The number of amides is 1. The van der Waals surface area contributed by atoms with Crippen LogP contribution in [0, 0.1) is 5.92 Å². The maximum atomic E-state index is 12.7. The lowest BCUT2D eigenvalue weighted by Crippen LogP contribution is -2.40. The number of hydrogen-bond acceptors (Lipinski definition) is 4. The first kappa shape index (κ1) is 16.7. The molecule has 26 heavy (non-hydrogen) atoms. The van der Waals surface area contributed by atoms with Gasteiger partial charge in [-0.3, -0.25) is 9.69 Å². The van der Waals surface area contributed by atoms with Crippen LogP contribution < -0.4 is 5.32 Å². The van der Waals surface area contributed by atoms with Gasteiger partial charge in [0.15, 0.2) is 0 Å². The molecule has 2 aromatic heterocycles. The van der Waals surface area contributed by atoms with E-state index in [4.69, 9.17) is 8.83 Å². The summed E-state index contributed by atoms with van der Waals surface area (Å²) in [5.41, 5.74) is 2.97. The predicted octanol–water partition coefficient (Wildman–Crippen LogP) is 4.39. The van der Waals surface area contributed by atoms with Crippen LogP contribution in [-0.4, -0.2) is 23.9 Å². The van der Waals surface area contributed by atoms with E-state index in [0.29, 0.717) is 0 Å². The zero-order valence-corrected chi connectivity index (χ0v) is 14.6. The van der Waals surface area contributed by atoms with Gasteiger partial charge in [-0.2, -0.15) is 0 Å². The van der Waals surface area contributed by atoms with Crippen molar-refractivity contribution in [3.05, 3.63) is 66.8 Å². The molecule has 5 heteroatoms. The van der Waals surface area contributed by atoms with Crippen molar-refractivity contribution in [2.24, 2.45) is 5.92 Å². The molecule has 0 saturated carbocycles. The van der Waals surface area contributed by atoms with E-state index >= 15 is 0 Å². The molecule has 4 rings (SSSR count). The fourth-order valence-electron chi connectivity index (χ4n) is 3.46. The summed E-state index contributed by atoms with van der Waals surface area (Å²) < 4.78 is 10.5. The van der Waals surface area contributed by atoms with E-state index in [0.717, 1.165) is 55.1 Å². The minimum Gasteiger partial charge on any atom is -0.472 e. The largest absolute Gasteiger partial charge is 0.472 e. The van der Waals surface area contributed by atoms with E-state index in [2.05, 4.69) is 10.2 Å². The number of likely N-dealkylation sites (tertiary alicyclic amines) is 1. The van der Waals surface area contributed by atoms with E-state index in [1.54, 1.807) is 18.8 Å². The van der Waals surface area contributed by atoms with Crippen LogP contribution in [0.15, 0.2) is 70.1 Å². The average Bonchev–Trinajstić information content (AvgIpc) is 3.36. The molecule has 3 heterocycles. The lowest BCUT2D eigenvalue weighted by Gasteiger charge is -2.31. The van der Waals surface area contributed by atoms with Crippen molar-refractivity contribution >= 4 is 11.6 Å². The third kappa shape index (κ3) is 3.89. The van der Waals surface area contributed by atoms with Gasteiger partial charge in [-0.25, -0.2) is 0 Å². The number of carbonyl (C=O) groups is 1. The monoisotopic (exact) mass is 350 g/mol. The van der Waals surface area contributed by atoms with Crippen LogP contribution in [0.1, 0.15) is 18.4 Å². The van der Waals surface area contributed by atoms with E-state index in [-0.39, 0.29) is 11.8 Å². The van der Waals surface area contributed by atoms with Gasteiger partial charge in [0.05, 0.1) is 24.7 Å². The fraction of sp³-hybridized carbons (Fsp3) is 0.286. The normalized spacial score (nSPS) is 17.9. The molecular weight excluding hydrogens is 328 g/mol. The summed E-state index contributed by atoms with van der Waals surface area (Å²) in [6.45, 7) is 2.63. The summed E-state index contributed by atoms with van der Waals surface area (Å²) in [6.07, 6.45) is 7.08. The third-order valence-corrected chi connectivity index (χ3v) is 4.82. The second kappa shape index (κ2) is 7.62. The molecule has 1 saturated heterocycles. The molecule has 5 nitrogen and oxygen atoms in total. The number of benzene rings is 1. The number of anilines is 1. The molecule has 1 aromatic carbocycles. The first-order valence-corrected chi connectivity index (χ1v) is 8.96. The van der Waals surface area contributed by atoms with E-state index in [9.17, 15) is 4.79 Å². The predicted molar refractivity (Wildman–Crippen MR) is 99.5 cm³/mol. The van der Waals surface area contributed by atoms with Crippen LogP contribution in [-0.2, 0) is 11.3 Å². The van der Waals surface area contributed by atoms with Crippen LogP contribution in [0.25, 0.3) is 11.3 Å². The Morgan fingerprint density at radius 1 is 1.15 bits per heavy atom. The number of carbonyl (C=O) groups excluding carboxylic acids is 1. The molecule has 0 radical (unpaired) electrons. The maximum Gasteiger partial charge on any atom is 0.228 e. The van der Waals surface area contributed by atoms with Crippen molar-refractivity contribution in [3.8, 4) is 11.3 Å². The van der Waals surface area contributed by atoms with Gasteiger partial charge < -0.3 is 14.2 Å². The minimum absolute atomic E-state index is 0.0143. The van der Waals surface area contributed by atoms with Gasteiger partial charge in [0.25, 0.3) is 0 Å². The first-order valence-electron chi connectivity index (χ1n) is 8.96. The van der Waals surface area contributed by atoms with Crippen molar-refractivity contribution in [2.75, 3.05) is 18.4 Å². The van der Waals surface area contributed by atoms with Crippen LogP contribution in [0.2, 0.25) is 0 Å². The Bertz CT molecular complexity index is 823. The van der Waals surface area contributed by atoms with Crippen LogP contribution in [0.3, 0.4) is 0 Å². The summed E-state index contributed by atoms with van der Waals surface area (Å²) in [5.74, 6) is 0.929. The zero-order valence-electron chi connectivity index (χ0n) is 14.6. The van der Waals surface area contributed by atoms with E-state index in [1.807, 2.05) is 42.5 Å². The second-order valence-corrected chi connectivity index (χ2v) is 6.75. The highest BCUT2D eigenvalue weighted by molar-refractivity contribution is 5.93. The number of piperidine rings is 1. The van der Waals surface area contributed by atoms with Gasteiger partial charge in [0.1, 0.15) is 5.76 Å². The number of rotatable bonds is 5. The van der Waals surface area contributed by atoms with Gasteiger partial charge in [-0.15, -0.1) is 0 Å². The lowest BCUT2D eigenvalue weighted by molar-refractivity contribution is -0.121. The van der Waals surface area contributed by atoms with Crippen molar-refractivity contribution in [3.63, 3.8) is 0 Å². The van der Waals surface area contributed by atoms with Crippen LogP contribution in [0.4, 0.5) is 5.69 Å². The van der Waals surface area contributed by atoms with Crippen molar-refractivity contribution in [1.82, 2.24) is 4.90 Å². The average molecular weight is 350 g/mol. The number of nitrogens with zero attached hydrogens (tertiary/aromatic N) is 1. The molecule has 1 aliphatic heterocycles. The highest BCUT2D eigenvalue weighted by Gasteiger charge is 2.26. The molecule has 1 aliphatic rings. The topological polar surface area (TPSA) is 58.6 Å². The maximum absolute atomic E-state index is 12.7. The molecular formula is C21H22N2O3.